The highest BCUT2D eigenvalue weighted by molar-refractivity contribution is 5.99. The molecule has 0 radical (unpaired) electrons. The van der Waals surface area contributed by atoms with Crippen molar-refractivity contribution < 1.29 is 27.8 Å². The zero-order chi connectivity index (χ0) is 18.4. The molecule has 2 rings (SSSR count). The van der Waals surface area contributed by atoms with Crippen LogP contribution < -0.4 is 20.3 Å². The van der Waals surface area contributed by atoms with E-state index in [4.69, 9.17) is 9.47 Å². The number of ether oxygens (including phenoxy) is 2. The van der Waals surface area contributed by atoms with Crippen LogP contribution in [-0.2, 0) is 0 Å². The van der Waals surface area contributed by atoms with Crippen molar-refractivity contribution in [1.82, 2.24) is 10.9 Å². The van der Waals surface area contributed by atoms with E-state index in [1.807, 2.05) is 6.92 Å². The van der Waals surface area contributed by atoms with Crippen molar-refractivity contribution in [3.8, 4) is 11.5 Å². The fraction of sp³-hybridized carbons (Fsp3) is 0.176. The quantitative estimate of drug-likeness (QED) is 0.812. The lowest BCUT2D eigenvalue weighted by atomic mass is 10.2. The Hall–Kier alpha value is -3.16. The molecule has 0 saturated heterocycles. The van der Waals surface area contributed by atoms with Gasteiger partial charge < -0.3 is 9.47 Å². The molecule has 2 aromatic rings. The van der Waals surface area contributed by atoms with E-state index in [2.05, 4.69) is 10.9 Å². The second kappa shape index (κ2) is 8.09. The van der Waals surface area contributed by atoms with Crippen LogP contribution in [-0.4, -0.2) is 25.5 Å². The Labute approximate surface area is 142 Å². The average molecular weight is 350 g/mol. The Morgan fingerprint density at radius 1 is 0.920 bits per heavy atom. The maximum Gasteiger partial charge on any atom is 0.269 e. The summed E-state index contributed by atoms with van der Waals surface area (Å²) in [6, 6.07) is 7.16. The third-order valence-corrected chi connectivity index (χ3v) is 3.20. The largest absolute Gasteiger partial charge is 0.493 e. The Morgan fingerprint density at radius 3 is 2.08 bits per heavy atom. The van der Waals surface area contributed by atoms with Crippen molar-refractivity contribution in [3.63, 3.8) is 0 Å². The van der Waals surface area contributed by atoms with Crippen LogP contribution in [0, 0.1) is 11.6 Å². The minimum Gasteiger partial charge on any atom is -0.493 e. The maximum atomic E-state index is 13.1. The number of benzene rings is 2. The molecule has 0 aliphatic heterocycles. The average Bonchev–Trinajstić information content (AvgIpc) is 2.62. The molecule has 2 amide bonds. The summed E-state index contributed by atoms with van der Waals surface area (Å²) in [6.45, 7) is 2.25. The predicted molar refractivity (Wildman–Crippen MR) is 85.5 cm³/mol. The molecule has 0 spiro atoms. The summed E-state index contributed by atoms with van der Waals surface area (Å²) >= 11 is 0. The van der Waals surface area contributed by atoms with Gasteiger partial charge in [-0.1, -0.05) is 0 Å². The number of nitrogens with one attached hydrogen (secondary N) is 2. The molecule has 0 aliphatic carbocycles. The summed E-state index contributed by atoms with van der Waals surface area (Å²) in [5.74, 6) is -2.78. The number of hydrogen-bond acceptors (Lipinski definition) is 4. The second-order valence-electron chi connectivity index (χ2n) is 4.84. The van der Waals surface area contributed by atoms with E-state index in [1.165, 1.54) is 19.2 Å². The molecule has 0 atom stereocenters. The molecule has 6 nitrogen and oxygen atoms in total. The van der Waals surface area contributed by atoms with Crippen molar-refractivity contribution in [2.75, 3.05) is 13.7 Å². The molecule has 0 aromatic heterocycles. The van der Waals surface area contributed by atoms with Gasteiger partial charge in [0.1, 0.15) is 0 Å². The second-order valence-corrected chi connectivity index (χ2v) is 4.84. The summed E-state index contributed by atoms with van der Waals surface area (Å²) in [5.41, 5.74) is 4.38. The molecule has 0 fully saturated rings. The van der Waals surface area contributed by atoms with Gasteiger partial charge in [0.25, 0.3) is 11.8 Å². The summed E-state index contributed by atoms with van der Waals surface area (Å²) < 4.78 is 36.5. The van der Waals surface area contributed by atoms with E-state index in [0.717, 1.165) is 18.2 Å². The van der Waals surface area contributed by atoms with E-state index in [-0.39, 0.29) is 11.1 Å². The van der Waals surface area contributed by atoms with Gasteiger partial charge in [0.05, 0.1) is 13.7 Å². The van der Waals surface area contributed by atoms with Gasteiger partial charge in [0.15, 0.2) is 23.1 Å². The minimum absolute atomic E-state index is 0.136. The first-order chi connectivity index (χ1) is 12.0. The van der Waals surface area contributed by atoms with Crippen LogP contribution in [0.3, 0.4) is 0 Å². The number of rotatable bonds is 5. The molecular weight excluding hydrogens is 334 g/mol. The third-order valence-electron chi connectivity index (χ3n) is 3.20. The standard InChI is InChI=1S/C17H16F2N2O4/c1-3-25-14-7-5-11(9-15(14)24-2)17(23)21-20-16(22)10-4-6-12(18)13(19)8-10/h4-9H,3H2,1-2H3,(H,20,22)(H,21,23). The van der Waals surface area contributed by atoms with Gasteiger partial charge in [-0.3, -0.25) is 20.4 Å². The van der Waals surface area contributed by atoms with Gasteiger partial charge >= 0.3 is 0 Å². The van der Waals surface area contributed by atoms with Crippen LogP contribution in [0.1, 0.15) is 27.6 Å². The highest BCUT2D eigenvalue weighted by Crippen LogP contribution is 2.27. The lowest BCUT2D eigenvalue weighted by molar-refractivity contribution is 0.0846. The molecule has 0 saturated carbocycles. The van der Waals surface area contributed by atoms with Crippen molar-refractivity contribution in [2.24, 2.45) is 0 Å². The molecule has 0 heterocycles. The summed E-state index contributed by atoms with van der Waals surface area (Å²) in [6.07, 6.45) is 0. The van der Waals surface area contributed by atoms with Gasteiger partial charge in [0, 0.05) is 11.1 Å². The van der Waals surface area contributed by atoms with Gasteiger partial charge in [-0.05, 0) is 43.3 Å². The first kappa shape index (κ1) is 18.2. The minimum atomic E-state index is -1.16. The van der Waals surface area contributed by atoms with Gasteiger partial charge in [-0.2, -0.15) is 0 Å². The monoisotopic (exact) mass is 350 g/mol. The van der Waals surface area contributed by atoms with Crippen LogP contribution >= 0.6 is 0 Å². The molecule has 8 heteroatoms. The van der Waals surface area contributed by atoms with Gasteiger partial charge in [-0.25, -0.2) is 8.78 Å². The summed E-state index contributed by atoms with van der Waals surface area (Å²) in [7, 11) is 1.43. The summed E-state index contributed by atoms with van der Waals surface area (Å²) in [5, 5.41) is 0. The maximum absolute atomic E-state index is 13.1. The van der Waals surface area contributed by atoms with Crippen LogP contribution in [0.25, 0.3) is 0 Å². The molecule has 2 aromatic carbocycles. The summed E-state index contributed by atoms with van der Waals surface area (Å²) in [4.78, 5) is 23.9. The Kier molecular flexibility index (Phi) is 5.89. The normalized spacial score (nSPS) is 10.1. The number of carbonyl (C=O) groups is 2. The lowest BCUT2D eigenvalue weighted by Crippen LogP contribution is -2.41. The Bertz CT molecular complexity index is 796. The molecule has 0 bridgehead atoms. The van der Waals surface area contributed by atoms with E-state index >= 15 is 0 Å². The third kappa shape index (κ3) is 4.43. The number of hydrazine groups is 1. The zero-order valence-electron chi connectivity index (χ0n) is 13.6. The number of methoxy groups -OCH3 is 1. The van der Waals surface area contributed by atoms with Gasteiger partial charge in [-0.15, -0.1) is 0 Å². The highest BCUT2D eigenvalue weighted by atomic mass is 19.2. The van der Waals surface area contributed by atoms with Crippen LogP contribution in [0.15, 0.2) is 36.4 Å². The molecule has 0 unspecified atom stereocenters. The van der Waals surface area contributed by atoms with E-state index < -0.39 is 23.4 Å². The Morgan fingerprint density at radius 2 is 1.52 bits per heavy atom. The number of hydrogen-bond donors (Lipinski definition) is 2. The molecule has 25 heavy (non-hydrogen) atoms. The number of carbonyl (C=O) groups excluding carboxylic acids is 2. The SMILES string of the molecule is CCOc1ccc(C(=O)NNC(=O)c2ccc(F)c(F)c2)cc1OC. The predicted octanol–water partition coefficient (Wildman–Crippen LogP) is 2.45. The van der Waals surface area contributed by atoms with Crippen molar-refractivity contribution in [2.45, 2.75) is 6.92 Å². The number of halogens is 2. The van der Waals surface area contributed by atoms with Crippen LogP contribution in [0.5, 0.6) is 11.5 Å². The first-order valence-electron chi connectivity index (χ1n) is 7.32. The lowest BCUT2D eigenvalue weighted by Gasteiger charge is -2.11. The van der Waals surface area contributed by atoms with Gasteiger partial charge in [0.2, 0.25) is 0 Å². The van der Waals surface area contributed by atoms with Crippen molar-refractivity contribution in [3.05, 3.63) is 59.2 Å². The van der Waals surface area contributed by atoms with E-state index in [9.17, 15) is 18.4 Å². The fourth-order valence-corrected chi connectivity index (χ4v) is 1.98. The molecule has 0 aliphatic rings. The zero-order valence-corrected chi connectivity index (χ0v) is 13.6. The number of amides is 2. The fourth-order valence-electron chi connectivity index (χ4n) is 1.98. The van der Waals surface area contributed by atoms with E-state index in [0.29, 0.717) is 18.1 Å². The molecular formula is C17H16F2N2O4. The topological polar surface area (TPSA) is 76.7 Å². The Balaban J connectivity index is 2.04. The smallest absolute Gasteiger partial charge is 0.269 e. The van der Waals surface area contributed by atoms with E-state index in [1.54, 1.807) is 6.07 Å². The van der Waals surface area contributed by atoms with Crippen molar-refractivity contribution in [1.29, 1.82) is 0 Å². The van der Waals surface area contributed by atoms with Crippen molar-refractivity contribution >= 4 is 11.8 Å². The molecule has 132 valence electrons. The first-order valence-corrected chi connectivity index (χ1v) is 7.32. The molecule has 2 N–H and O–H groups in total. The highest BCUT2D eigenvalue weighted by Gasteiger charge is 2.13. The van der Waals surface area contributed by atoms with Crippen LogP contribution in [0.2, 0.25) is 0 Å². The van der Waals surface area contributed by atoms with Crippen LogP contribution in [0.4, 0.5) is 8.78 Å².